The van der Waals surface area contributed by atoms with Gasteiger partial charge in [-0.05, 0) is 105 Å². The maximum Gasteiger partial charge on any atom is 0.194 e. The zero-order valence-corrected chi connectivity index (χ0v) is 31.6. The molecule has 1 aliphatic rings. The molecule has 272 valence electrons. The van der Waals surface area contributed by atoms with Gasteiger partial charge in [0.25, 0.3) is 0 Å². The van der Waals surface area contributed by atoms with Crippen LogP contribution < -0.4 is 4.90 Å². The van der Waals surface area contributed by atoms with E-state index in [1.165, 1.54) is 32.9 Å². The lowest BCUT2D eigenvalue weighted by Gasteiger charge is -2.26. The first-order chi connectivity index (χ1) is 28.7. The van der Waals surface area contributed by atoms with Crippen molar-refractivity contribution in [3.8, 4) is 50.2 Å². The van der Waals surface area contributed by atoms with E-state index in [0.717, 1.165) is 67.3 Å². The first kappa shape index (κ1) is 33.6. The predicted octanol–water partition coefficient (Wildman–Crippen LogP) is 14.5. The van der Waals surface area contributed by atoms with Crippen LogP contribution in [0.1, 0.15) is 15.9 Å². The van der Waals surface area contributed by atoms with Crippen molar-refractivity contribution in [2.24, 2.45) is 0 Å². The number of hydrogen-bond donors (Lipinski definition) is 0. The van der Waals surface area contributed by atoms with Gasteiger partial charge < -0.3 is 9.47 Å². The number of anilines is 3. The van der Waals surface area contributed by atoms with Crippen LogP contribution in [0.3, 0.4) is 0 Å². The highest BCUT2D eigenvalue weighted by atomic mass is 16.1. The van der Waals surface area contributed by atoms with Crippen molar-refractivity contribution in [2.75, 3.05) is 4.90 Å². The number of nitrogens with zero attached hydrogens (tertiary/aromatic N) is 2. The van der Waals surface area contributed by atoms with Crippen molar-refractivity contribution in [1.29, 1.82) is 0 Å². The highest BCUT2D eigenvalue weighted by Gasteiger charge is 2.29. The van der Waals surface area contributed by atoms with E-state index in [-0.39, 0.29) is 5.78 Å². The van der Waals surface area contributed by atoms with Gasteiger partial charge in [0.15, 0.2) is 5.78 Å². The molecule has 0 saturated carbocycles. The number of fused-ring (bicyclic) bond motifs is 6. The number of ketones is 1. The Morgan fingerprint density at radius 3 is 1.29 bits per heavy atom. The molecule has 0 unspecified atom stereocenters. The molecule has 0 spiro atoms. The van der Waals surface area contributed by atoms with Crippen molar-refractivity contribution in [3.63, 3.8) is 0 Å². The smallest absolute Gasteiger partial charge is 0.194 e. The topological polar surface area (TPSA) is 25.2 Å². The van der Waals surface area contributed by atoms with E-state index in [0.29, 0.717) is 0 Å². The second-order valence-corrected chi connectivity index (χ2v) is 14.9. The fourth-order valence-corrected chi connectivity index (χ4v) is 8.79. The number of carbonyl (C=O) groups is 1. The molecule has 1 aromatic heterocycles. The van der Waals surface area contributed by atoms with Gasteiger partial charge in [-0.1, -0.05) is 158 Å². The van der Waals surface area contributed by atoms with Gasteiger partial charge in [0.2, 0.25) is 0 Å². The van der Waals surface area contributed by atoms with Crippen molar-refractivity contribution in [1.82, 2.24) is 4.57 Å². The molecule has 58 heavy (non-hydrogen) atoms. The van der Waals surface area contributed by atoms with Crippen LogP contribution in [0.15, 0.2) is 218 Å². The first-order valence-corrected chi connectivity index (χ1v) is 19.7. The summed E-state index contributed by atoms with van der Waals surface area (Å²) in [5, 5.41) is 2.52. The summed E-state index contributed by atoms with van der Waals surface area (Å²) in [6, 6.07) is 76.9. The molecular formula is C55H36N2O. The maximum absolute atomic E-state index is 13.6. The molecule has 0 atom stereocenters. The molecule has 9 aromatic carbocycles. The van der Waals surface area contributed by atoms with Gasteiger partial charge in [-0.15, -0.1) is 0 Å². The number of rotatable bonds is 7. The molecule has 10 aromatic rings. The van der Waals surface area contributed by atoms with Crippen molar-refractivity contribution < 1.29 is 4.79 Å². The molecule has 0 saturated heterocycles. The lowest BCUT2D eigenvalue weighted by atomic mass is 9.95. The van der Waals surface area contributed by atoms with Crippen LogP contribution in [0.25, 0.3) is 72.0 Å². The molecule has 1 heterocycles. The normalized spacial score (nSPS) is 11.8. The average Bonchev–Trinajstić information content (AvgIpc) is 3.79. The van der Waals surface area contributed by atoms with Crippen molar-refractivity contribution in [2.45, 2.75) is 0 Å². The van der Waals surface area contributed by atoms with E-state index in [9.17, 15) is 4.79 Å². The van der Waals surface area contributed by atoms with E-state index in [2.05, 4.69) is 198 Å². The van der Waals surface area contributed by atoms with Crippen LogP contribution in [-0.2, 0) is 0 Å². The third kappa shape index (κ3) is 5.56. The van der Waals surface area contributed by atoms with E-state index in [1.54, 1.807) is 0 Å². The van der Waals surface area contributed by atoms with E-state index >= 15 is 0 Å². The molecule has 0 bridgehead atoms. The monoisotopic (exact) mass is 740 g/mol. The maximum atomic E-state index is 13.6. The first-order valence-electron chi connectivity index (χ1n) is 19.7. The summed E-state index contributed by atoms with van der Waals surface area (Å²) >= 11 is 0. The average molecular weight is 741 g/mol. The van der Waals surface area contributed by atoms with E-state index < -0.39 is 0 Å². The van der Waals surface area contributed by atoms with Crippen molar-refractivity contribution in [3.05, 3.63) is 230 Å². The van der Waals surface area contributed by atoms with Gasteiger partial charge in [0.05, 0.1) is 11.0 Å². The molecule has 1 aliphatic carbocycles. The van der Waals surface area contributed by atoms with Crippen LogP contribution in [0.5, 0.6) is 0 Å². The summed E-state index contributed by atoms with van der Waals surface area (Å²) in [6.07, 6.45) is 0. The highest BCUT2D eigenvalue weighted by Crippen LogP contribution is 2.43. The largest absolute Gasteiger partial charge is 0.311 e. The molecular weight excluding hydrogens is 705 g/mol. The van der Waals surface area contributed by atoms with Crippen LogP contribution in [0, 0.1) is 0 Å². The summed E-state index contributed by atoms with van der Waals surface area (Å²) in [5.41, 5.74) is 16.9. The Kier molecular flexibility index (Phi) is 7.97. The molecule has 0 radical (unpaired) electrons. The summed E-state index contributed by atoms with van der Waals surface area (Å²) in [5.74, 6) is 0.0897. The predicted molar refractivity (Wildman–Crippen MR) is 241 cm³/mol. The minimum Gasteiger partial charge on any atom is -0.311 e. The minimum atomic E-state index is 0.0897. The number of benzene rings is 9. The molecule has 0 amide bonds. The zero-order valence-electron chi connectivity index (χ0n) is 31.6. The quantitative estimate of drug-likeness (QED) is 0.163. The Hall–Kier alpha value is -7.75. The van der Waals surface area contributed by atoms with Gasteiger partial charge in [0, 0.05) is 44.6 Å². The molecule has 0 fully saturated rings. The van der Waals surface area contributed by atoms with Crippen LogP contribution in [0.2, 0.25) is 0 Å². The third-order valence-electron chi connectivity index (χ3n) is 11.6. The number of carbonyl (C=O) groups excluding carboxylic acids is 1. The Morgan fingerprint density at radius 1 is 0.310 bits per heavy atom. The molecule has 3 nitrogen and oxygen atoms in total. The van der Waals surface area contributed by atoms with Crippen LogP contribution in [-0.4, -0.2) is 10.4 Å². The summed E-state index contributed by atoms with van der Waals surface area (Å²) < 4.78 is 2.35. The highest BCUT2D eigenvalue weighted by molar-refractivity contribution is 6.24. The lowest BCUT2D eigenvalue weighted by Crippen LogP contribution is -2.10. The Balaban J connectivity index is 0.942. The number of para-hydroxylation sites is 2. The van der Waals surface area contributed by atoms with Gasteiger partial charge in [-0.2, -0.15) is 0 Å². The second-order valence-electron chi connectivity index (χ2n) is 14.9. The van der Waals surface area contributed by atoms with Gasteiger partial charge in [0.1, 0.15) is 0 Å². The van der Waals surface area contributed by atoms with E-state index in [1.807, 2.05) is 30.3 Å². The van der Waals surface area contributed by atoms with Gasteiger partial charge in [-0.3, -0.25) is 4.79 Å². The standard InChI is InChI=1S/C55H36N2O/c58-55-51-16-5-4-13-47(51)50-18-10-17-46(54(50)55)41-27-35-44(36-28-41)56(42-29-21-38(22-30-42)37-11-2-1-3-12-37)43-31-23-39(24-32-43)40-25-33-45(34-26-40)57-52-19-8-6-14-48(52)49-15-7-9-20-53(49)57/h1-36H. The lowest BCUT2D eigenvalue weighted by molar-refractivity contribution is 0.104. The second kappa shape index (κ2) is 13.8. The van der Waals surface area contributed by atoms with Crippen molar-refractivity contribution >= 4 is 44.7 Å². The van der Waals surface area contributed by atoms with Crippen LogP contribution >= 0.6 is 0 Å². The number of aromatic nitrogens is 1. The van der Waals surface area contributed by atoms with Crippen LogP contribution in [0.4, 0.5) is 17.1 Å². The Bertz CT molecular complexity index is 3090. The minimum absolute atomic E-state index is 0.0897. The SMILES string of the molecule is O=C1c2ccccc2-c2cccc(-c3ccc(N(c4ccc(-c5ccccc5)cc4)c4ccc(-c5ccc(-n6c7ccccc7c7ccccc76)cc5)cc4)cc3)c21. The zero-order chi connectivity index (χ0) is 38.6. The Labute approximate surface area is 337 Å². The van der Waals surface area contributed by atoms with E-state index in [4.69, 9.17) is 0 Å². The fourth-order valence-electron chi connectivity index (χ4n) is 8.79. The molecule has 11 rings (SSSR count). The number of hydrogen-bond acceptors (Lipinski definition) is 2. The Morgan fingerprint density at radius 2 is 0.724 bits per heavy atom. The fraction of sp³-hybridized carbons (Fsp3) is 0. The van der Waals surface area contributed by atoms with Gasteiger partial charge >= 0.3 is 0 Å². The summed E-state index contributed by atoms with van der Waals surface area (Å²) in [4.78, 5) is 15.9. The summed E-state index contributed by atoms with van der Waals surface area (Å²) in [7, 11) is 0. The third-order valence-corrected chi connectivity index (χ3v) is 11.6. The molecule has 0 N–H and O–H groups in total. The van der Waals surface area contributed by atoms with Gasteiger partial charge in [-0.25, -0.2) is 0 Å². The summed E-state index contributed by atoms with van der Waals surface area (Å²) in [6.45, 7) is 0. The molecule has 3 heteroatoms. The molecule has 0 aliphatic heterocycles.